The fraction of sp³-hybridized carbons (Fsp3) is 0.278. The van der Waals surface area contributed by atoms with Crippen LogP contribution in [-0.4, -0.2) is 34.3 Å². The molecule has 0 bridgehead atoms. The molecule has 1 heterocycles. The standard InChI is InChI=1S/C18H21N3O2S/c1-3-14(2)21(13-16(22)20-18-19-11-12-24-18)17(23)10-9-15-7-5-4-6-8-15/h4-12,14H,3,13H2,1-2H3,(H,19,20,22). The minimum atomic E-state index is -0.244. The summed E-state index contributed by atoms with van der Waals surface area (Å²) in [5, 5.41) is 5.04. The fourth-order valence-corrected chi connectivity index (χ4v) is 2.64. The largest absolute Gasteiger partial charge is 0.327 e. The summed E-state index contributed by atoms with van der Waals surface area (Å²) < 4.78 is 0. The second kappa shape index (κ2) is 8.98. The number of carbonyl (C=O) groups excluding carboxylic acids is 2. The topological polar surface area (TPSA) is 62.3 Å². The highest BCUT2D eigenvalue weighted by molar-refractivity contribution is 7.13. The van der Waals surface area contributed by atoms with Crippen molar-refractivity contribution in [3.05, 3.63) is 53.5 Å². The molecule has 126 valence electrons. The van der Waals surface area contributed by atoms with E-state index in [0.29, 0.717) is 5.13 Å². The molecule has 1 aromatic carbocycles. The minimum Gasteiger partial charge on any atom is -0.327 e. The second-order valence-electron chi connectivity index (χ2n) is 5.35. The van der Waals surface area contributed by atoms with Crippen LogP contribution in [0.4, 0.5) is 5.13 Å². The van der Waals surface area contributed by atoms with Crippen LogP contribution >= 0.6 is 11.3 Å². The van der Waals surface area contributed by atoms with Crippen LogP contribution in [0.2, 0.25) is 0 Å². The summed E-state index contributed by atoms with van der Waals surface area (Å²) in [5.74, 6) is -0.422. The van der Waals surface area contributed by atoms with E-state index in [0.717, 1.165) is 12.0 Å². The first kappa shape index (κ1) is 17.9. The molecule has 2 amide bonds. The molecule has 0 aliphatic rings. The zero-order valence-electron chi connectivity index (χ0n) is 13.8. The Morgan fingerprint density at radius 1 is 1.33 bits per heavy atom. The van der Waals surface area contributed by atoms with Gasteiger partial charge < -0.3 is 10.2 Å². The van der Waals surface area contributed by atoms with E-state index in [1.165, 1.54) is 17.4 Å². The summed E-state index contributed by atoms with van der Waals surface area (Å²) in [6, 6.07) is 9.57. The Kier molecular flexibility index (Phi) is 6.69. The van der Waals surface area contributed by atoms with Gasteiger partial charge >= 0.3 is 0 Å². The smallest absolute Gasteiger partial charge is 0.247 e. The van der Waals surface area contributed by atoms with E-state index in [1.54, 1.807) is 22.6 Å². The SMILES string of the molecule is CCC(C)N(CC(=O)Nc1nccs1)C(=O)C=Cc1ccccc1. The minimum absolute atomic E-state index is 0.00650. The number of benzene rings is 1. The lowest BCUT2D eigenvalue weighted by Gasteiger charge is -2.26. The highest BCUT2D eigenvalue weighted by atomic mass is 32.1. The van der Waals surface area contributed by atoms with E-state index in [-0.39, 0.29) is 24.4 Å². The van der Waals surface area contributed by atoms with E-state index >= 15 is 0 Å². The van der Waals surface area contributed by atoms with Crippen LogP contribution in [0.25, 0.3) is 6.08 Å². The van der Waals surface area contributed by atoms with Gasteiger partial charge in [-0.2, -0.15) is 0 Å². The van der Waals surface area contributed by atoms with Crippen molar-refractivity contribution in [2.24, 2.45) is 0 Å². The summed E-state index contributed by atoms with van der Waals surface area (Å²) in [4.78, 5) is 30.2. The van der Waals surface area contributed by atoms with E-state index < -0.39 is 0 Å². The molecular formula is C18H21N3O2S. The van der Waals surface area contributed by atoms with Gasteiger partial charge in [-0.1, -0.05) is 37.3 Å². The number of aromatic nitrogens is 1. The summed E-state index contributed by atoms with van der Waals surface area (Å²) in [5.41, 5.74) is 0.946. The van der Waals surface area contributed by atoms with Crippen molar-refractivity contribution in [2.75, 3.05) is 11.9 Å². The van der Waals surface area contributed by atoms with Gasteiger partial charge in [0.1, 0.15) is 6.54 Å². The molecule has 0 spiro atoms. The molecule has 0 aliphatic carbocycles. The lowest BCUT2D eigenvalue weighted by molar-refractivity contribution is -0.132. The van der Waals surface area contributed by atoms with E-state index in [1.807, 2.05) is 44.2 Å². The third-order valence-electron chi connectivity index (χ3n) is 3.62. The normalized spacial score (nSPS) is 12.1. The van der Waals surface area contributed by atoms with Crippen LogP contribution in [0, 0.1) is 0 Å². The molecule has 5 nitrogen and oxygen atoms in total. The first-order valence-electron chi connectivity index (χ1n) is 7.83. The van der Waals surface area contributed by atoms with Crippen LogP contribution in [-0.2, 0) is 9.59 Å². The molecule has 0 radical (unpaired) electrons. The Morgan fingerprint density at radius 2 is 2.08 bits per heavy atom. The average molecular weight is 343 g/mol. The van der Waals surface area contributed by atoms with Crippen molar-refractivity contribution >= 4 is 34.4 Å². The first-order chi connectivity index (χ1) is 11.6. The Hall–Kier alpha value is -2.47. The monoisotopic (exact) mass is 343 g/mol. The third kappa shape index (κ3) is 5.31. The van der Waals surface area contributed by atoms with Gasteiger partial charge in [0.15, 0.2) is 5.13 Å². The molecule has 0 fully saturated rings. The number of nitrogens with zero attached hydrogens (tertiary/aromatic N) is 2. The van der Waals surface area contributed by atoms with Crippen molar-refractivity contribution in [1.82, 2.24) is 9.88 Å². The molecule has 0 saturated carbocycles. The van der Waals surface area contributed by atoms with Crippen LogP contribution in [0.3, 0.4) is 0 Å². The third-order valence-corrected chi connectivity index (χ3v) is 4.31. The summed E-state index contributed by atoms with van der Waals surface area (Å²) >= 11 is 1.35. The van der Waals surface area contributed by atoms with Crippen molar-refractivity contribution in [2.45, 2.75) is 26.3 Å². The number of rotatable bonds is 7. The van der Waals surface area contributed by atoms with Crippen LogP contribution in [0.1, 0.15) is 25.8 Å². The van der Waals surface area contributed by atoms with Crippen LogP contribution in [0.15, 0.2) is 48.0 Å². The number of hydrogen-bond donors (Lipinski definition) is 1. The molecule has 2 aromatic rings. The lowest BCUT2D eigenvalue weighted by atomic mass is 10.2. The molecular weight excluding hydrogens is 322 g/mol. The molecule has 1 aromatic heterocycles. The van der Waals surface area contributed by atoms with Crippen LogP contribution in [0.5, 0.6) is 0 Å². The van der Waals surface area contributed by atoms with Crippen molar-refractivity contribution < 1.29 is 9.59 Å². The Bertz CT molecular complexity index is 684. The number of carbonyl (C=O) groups is 2. The van der Waals surface area contributed by atoms with E-state index in [2.05, 4.69) is 10.3 Å². The highest BCUT2D eigenvalue weighted by Crippen LogP contribution is 2.12. The molecule has 0 aliphatic heterocycles. The van der Waals surface area contributed by atoms with Crippen molar-refractivity contribution in [3.63, 3.8) is 0 Å². The predicted octanol–water partition coefficient (Wildman–Crippen LogP) is 3.42. The van der Waals surface area contributed by atoms with E-state index in [9.17, 15) is 9.59 Å². The maximum absolute atomic E-state index is 12.5. The number of hydrogen-bond acceptors (Lipinski definition) is 4. The van der Waals surface area contributed by atoms with Crippen molar-refractivity contribution in [1.29, 1.82) is 0 Å². The number of nitrogens with one attached hydrogen (secondary N) is 1. The fourth-order valence-electron chi connectivity index (χ4n) is 2.10. The Labute approximate surface area is 146 Å². The van der Waals surface area contributed by atoms with Gasteiger partial charge in [-0.3, -0.25) is 9.59 Å². The summed E-state index contributed by atoms with van der Waals surface area (Å²) in [6.45, 7) is 3.93. The van der Waals surface area contributed by atoms with Gasteiger partial charge in [-0.25, -0.2) is 4.98 Å². The Morgan fingerprint density at radius 3 is 2.71 bits per heavy atom. The maximum atomic E-state index is 12.5. The molecule has 0 saturated heterocycles. The molecule has 2 rings (SSSR count). The first-order valence-corrected chi connectivity index (χ1v) is 8.71. The van der Waals surface area contributed by atoms with Gasteiger partial charge in [0.2, 0.25) is 11.8 Å². The highest BCUT2D eigenvalue weighted by Gasteiger charge is 2.20. The average Bonchev–Trinajstić information content (AvgIpc) is 3.10. The number of anilines is 1. The van der Waals surface area contributed by atoms with Gasteiger partial charge in [0.05, 0.1) is 0 Å². The second-order valence-corrected chi connectivity index (χ2v) is 6.25. The van der Waals surface area contributed by atoms with Gasteiger partial charge in [-0.05, 0) is 25.0 Å². The molecule has 24 heavy (non-hydrogen) atoms. The summed E-state index contributed by atoms with van der Waals surface area (Å²) in [7, 11) is 0. The number of thiazole rings is 1. The van der Waals surface area contributed by atoms with Crippen molar-refractivity contribution in [3.8, 4) is 0 Å². The summed E-state index contributed by atoms with van der Waals surface area (Å²) in [6.07, 6.45) is 5.67. The molecule has 1 unspecified atom stereocenters. The zero-order valence-corrected chi connectivity index (χ0v) is 14.6. The van der Waals surface area contributed by atoms with Gasteiger partial charge in [0.25, 0.3) is 0 Å². The molecule has 6 heteroatoms. The molecule has 1 atom stereocenters. The number of amides is 2. The maximum Gasteiger partial charge on any atom is 0.247 e. The molecule has 1 N–H and O–H groups in total. The van der Waals surface area contributed by atoms with Gasteiger partial charge in [0, 0.05) is 23.7 Å². The van der Waals surface area contributed by atoms with E-state index in [4.69, 9.17) is 0 Å². The van der Waals surface area contributed by atoms with Gasteiger partial charge in [-0.15, -0.1) is 11.3 Å². The zero-order chi connectivity index (χ0) is 17.4. The lowest BCUT2D eigenvalue weighted by Crippen LogP contribution is -2.42. The quantitative estimate of drug-likeness (QED) is 0.784. The Balaban J connectivity index is 2.02. The van der Waals surface area contributed by atoms with Crippen LogP contribution < -0.4 is 5.32 Å². The predicted molar refractivity (Wildman–Crippen MR) is 97.7 cm³/mol.